The minimum atomic E-state index is -0.981. The fraction of sp³-hybridized carbons (Fsp3) is 0.308. The lowest BCUT2D eigenvalue weighted by Crippen LogP contribution is -2.31. The summed E-state index contributed by atoms with van der Waals surface area (Å²) in [5.41, 5.74) is 1.02. The molecule has 5 nitrogen and oxygen atoms in total. The second-order valence-electron chi connectivity index (χ2n) is 4.19. The summed E-state index contributed by atoms with van der Waals surface area (Å²) in [7, 11) is 0. The molecular formula is C13H13NO4. The standard InChI is InChI=1S/C13H13NO4/c15-11-4-5-12(16)14(11)7-6-9-2-1-3-10(8-9)13(17)18/h1-3,8H,4-7H2,(H,17,18). The monoisotopic (exact) mass is 247 g/mol. The lowest BCUT2D eigenvalue weighted by Gasteiger charge is -2.13. The van der Waals surface area contributed by atoms with E-state index in [4.69, 9.17) is 5.11 Å². The summed E-state index contributed by atoms with van der Waals surface area (Å²) in [4.78, 5) is 34.8. The van der Waals surface area contributed by atoms with Crippen LogP contribution in [0.3, 0.4) is 0 Å². The number of carbonyl (C=O) groups excluding carboxylic acids is 2. The van der Waals surface area contributed by atoms with Gasteiger partial charge in [-0.1, -0.05) is 12.1 Å². The minimum Gasteiger partial charge on any atom is -0.478 e. The van der Waals surface area contributed by atoms with Gasteiger partial charge in [0.25, 0.3) is 0 Å². The van der Waals surface area contributed by atoms with Crippen LogP contribution in [0.15, 0.2) is 24.3 Å². The largest absolute Gasteiger partial charge is 0.478 e. The van der Waals surface area contributed by atoms with E-state index in [9.17, 15) is 14.4 Å². The van der Waals surface area contributed by atoms with Crippen molar-refractivity contribution in [2.75, 3.05) is 6.54 Å². The van der Waals surface area contributed by atoms with Crippen LogP contribution in [0.2, 0.25) is 0 Å². The lowest BCUT2D eigenvalue weighted by atomic mass is 10.1. The molecule has 0 aromatic heterocycles. The summed E-state index contributed by atoms with van der Waals surface area (Å²) in [6.45, 7) is 0.320. The molecule has 1 aromatic rings. The van der Waals surface area contributed by atoms with Gasteiger partial charge in [0.2, 0.25) is 11.8 Å². The average molecular weight is 247 g/mol. The molecule has 0 unspecified atom stereocenters. The Morgan fingerprint density at radius 1 is 1.22 bits per heavy atom. The third kappa shape index (κ3) is 2.56. The summed E-state index contributed by atoms with van der Waals surface area (Å²) in [5, 5.41) is 8.85. The zero-order valence-corrected chi connectivity index (χ0v) is 9.76. The molecule has 0 radical (unpaired) electrons. The van der Waals surface area contributed by atoms with Gasteiger partial charge in [0.15, 0.2) is 0 Å². The van der Waals surface area contributed by atoms with Crippen LogP contribution in [0.25, 0.3) is 0 Å². The van der Waals surface area contributed by atoms with Crippen LogP contribution in [-0.4, -0.2) is 34.3 Å². The Labute approximate surface area is 104 Å². The first-order chi connectivity index (χ1) is 8.58. The first kappa shape index (κ1) is 12.3. The minimum absolute atomic E-state index is 0.144. The highest BCUT2D eigenvalue weighted by Gasteiger charge is 2.28. The highest BCUT2D eigenvalue weighted by atomic mass is 16.4. The van der Waals surface area contributed by atoms with Crippen LogP contribution in [0.1, 0.15) is 28.8 Å². The van der Waals surface area contributed by atoms with Gasteiger partial charge in [0.1, 0.15) is 0 Å². The van der Waals surface area contributed by atoms with Gasteiger partial charge in [-0.25, -0.2) is 4.79 Å². The van der Waals surface area contributed by atoms with Crippen LogP contribution >= 0.6 is 0 Å². The number of carboxylic acids is 1. The van der Waals surface area contributed by atoms with Crippen molar-refractivity contribution >= 4 is 17.8 Å². The maximum Gasteiger partial charge on any atom is 0.335 e. The molecule has 2 amide bonds. The van der Waals surface area contributed by atoms with Crippen LogP contribution < -0.4 is 0 Å². The van der Waals surface area contributed by atoms with E-state index >= 15 is 0 Å². The molecule has 1 aliphatic heterocycles. The zero-order valence-electron chi connectivity index (χ0n) is 9.76. The number of aromatic carboxylic acids is 1. The van der Waals surface area contributed by atoms with Crippen molar-refractivity contribution in [1.29, 1.82) is 0 Å². The Morgan fingerprint density at radius 2 is 1.89 bits per heavy atom. The molecule has 0 spiro atoms. The molecule has 5 heteroatoms. The quantitative estimate of drug-likeness (QED) is 0.808. The van der Waals surface area contributed by atoms with Gasteiger partial charge in [-0.2, -0.15) is 0 Å². The molecule has 18 heavy (non-hydrogen) atoms. The summed E-state index contributed by atoms with van der Waals surface area (Å²) in [5.74, 6) is -1.27. The van der Waals surface area contributed by atoms with E-state index < -0.39 is 5.97 Å². The molecule has 0 bridgehead atoms. The van der Waals surface area contributed by atoms with Gasteiger partial charge in [-0.3, -0.25) is 14.5 Å². The fourth-order valence-corrected chi connectivity index (χ4v) is 1.97. The molecule has 1 saturated heterocycles. The number of likely N-dealkylation sites (tertiary alicyclic amines) is 1. The van der Waals surface area contributed by atoms with E-state index in [-0.39, 0.29) is 30.2 Å². The second-order valence-corrected chi connectivity index (χ2v) is 4.19. The predicted octanol–water partition coefficient (Wildman–Crippen LogP) is 1.08. The third-order valence-corrected chi connectivity index (χ3v) is 2.95. The molecule has 1 aliphatic rings. The van der Waals surface area contributed by atoms with Gasteiger partial charge in [0.05, 0.1) is 5.56 Å². The fourth-order valence-electron chi connectivity index (χ4n) is 1.97. The van der Waals surface area contributed by atoms with E-state index in [1.54, 1.807) is 18.2 Å². The molecule has 2 rings (SSSR count). The summed E-state index contributed by atoms with van der Waals surface area (Å²) in [6.07, 6.45) is 1.06. The topological polar surface area (TPSA) is 74.7 Å². The average Bonchev–Trinajstić information content (AvgIpc) is 2.67. The summed E-state index contributed by atoms with van der Waals surface area (Å²) < 4.78 is 0. The molecule has 1 N–H and O–H groups in total. The SMILES string of the molecule is O=C(O)c1cccc(CCN2C(=O)CCC2=O)c1. The van der Waals surface area contributed by atoms with Crippen molar-refractivity contribution in [3.63, 3.8) is 0 Å². The Morgan fingerprint density at radius 3 is 2.50 bits per heavy atom. The van der Waals surface area contributed by atoms with Crippen molar-refractivity contribution in [2.24, 2.45) is 0 Å². The number of hydrogen-bond acceptors (Lipinski definition) is 3. The molecule has 1 heterocycles. The zero-order chi connectivity index (χ0) is 13.1. The van der Waals surface area contributed by atoms with E-state index in [0.717, 1.165) is 5.56 Å². The molecule has 1 fully saturated rings. The highest BCUT2D eigenvalue weighted by molar-refractivity contribution is 6.01. The van der Waals surface area contributed by atoms with E-state index in [2.05, 4.69) is 0 Å². The number of carboxylic acid groups (broad SMARTS) is 1. The van der Waals surface area contributed by atoms with E-state index in [0.29, 0.717) is 13.0 Å². The predicted molar refractivity (Wildman–Crippen MR) is 63.1 cm³/mol. The van der Waals surface area contributed by atoms with Crippen molar-refractivity contribution in [3.05, 3.63) is 35.4 Å². The van der Waals surface area contributed by atoms with Crippen LogP contribution in [0.5, 0.6) is 0 Å². The smallest absolute Gasteiger partial charge is 0.335 e. The van der Waals surface area contributed by atoms with Gasteiger partial charge in [-0.15, -0.1) is 0 Å². The van der Waals surface area contributed by atoms with Gasteiger partial charge >= 0.3 is 5.97 Å². The van der Waals surface area contributed by atoms with Crippen LogP contribution in [0, 0.1) is 0 Å². The molecular weight excluding hydrogens is 234 g/mol. The summed E-state index contributed by atoms with van der Waals surface area (Å²) >= 11 is 0. The van der Waals surface area contributed by atoms with E-state index in [1.165, 1.54) is 11.0 Å². The number of rotatable bonds is 4. The van der Waals surface area contributed by atoms with Crippen molar-refractivity contribution in [1.82, 2.24) is 4.90 Å². The number of benzene rings is 1. The Balaban J connectivity index is 2.02. The molecule has 1 aromatic carbocycles. The number of amides is 2. The van der Waals surface area contributed by atoms with E-state index in [1.807, 2.05) is 0 Å². The first-order valence-corrected chi connectivity index (χ1v) is 5.73. The van der Waals surface area contributed by atoms with Crippen LogP contribution in [-0.2, 0) is 16.0 Å². The molecule has 94 valence electrons. The third-order valence-electron chi connectivity index (χ3n) is 2.95. The highest BCUT2D eigenvalue weighted by Crippen LogP contribution is 2.13. The molecule has 0 atom stereocenters. The Hall–Kier alpha value is -2.17. The second kappa shape index (κ2) is 5.00. The molecule has 0 aliphatic carbocycles. The maximum absolute atomic E-state index is 11.4. The number of carbonyl (C=O) groups is 3. The Bertz CT molecular complexity index is 493. The van der Waals surface area contributed by atoms with Gasteiger partial charge in [0, 0.05) is 19.4 Å². The number of nitrogens with zero attached hydrogens (tertiary/aromatic N) is 1. The summed E-state index contributed by atoms with van der Waals surface area (Å²) in [6, 6.07) is 6.52. The Kier molecular flexibility index (Phi) is 3.41. The van der Waals surface area contributed by atoms with Crippen LogP contribution in [0.4, 0.5) is 0 Å². The van der Waals surface area contributed by atoms with Crippen molar-refractivity contribution in [3.8, 4) is 0 Å². The van der Waals surface area contributed by atoms with Crippen molar-refractivity contribution < 1.29 is 19.5 Å². The number of imide groups is 1. The maximum atomic E-state index is 11.4. The molecule has 0 saturated carbocycles. The van der Waals surface area contributed by atoms with Crippen molar-refractivity contribution in [2.45, 2.75) is 19.3 Å². The lowest BCUT2D eigenvalue weighted by molar-refractivity contribution is -0.138. The first-order valence-electron chi connectivity index (χ1n) is 5.73. The normalized spacial score (nSPS) is 15.2. The number of hydrogen-bond donors (Lipinski definition) is 1. The van der Waals surface area contributed by atoms with Gasteiger partial charge < -0.3 is 5.11 Å². The van der Waals surface area contributed by atoms with Gasteiger partial charge in [-0.05, 0) is 24.1 Å².